The molecule has 1 unspecified atom stereocenters. The number of carboxylic acids is 1. The van der Waals surface area contributed by atoms with Crippen LogP contribution in [-0.4, -0.2) is 96.9 Å². The summed E-state index contributed by atoms with van der Waals surface area (Å²) in [5, 5.41) is 39.9. The van der Waals surface area contributed by atoms with E-state index in [-0.39, 0.29) is 28.6 Å². The molecule has 18 heteroatoms. The van der Waals surface area contributed by atoms with Gasteiger partial charge >= 0.3 is 5.97 Å². The summed E-state index contributed by atoms with van der Waals surface area (Å²) in [6, 6.07) is 8.05. The number of aliphatic hydroxyl groups is 1. The van der Waals surface area contributed by atoms with Crippen LogP contribution in [-0.2, 0) is 29.1 Å². The second-order valence-corrected chi connectivity index (χ2v) is 12.2. The predicted octanol–water partition coefficient (Wildman–Crippen LogP) is -1.21. The lowest BCUT2D eigenvalue weighted by atomic mass is 9.96. The smallest absolute Gasteiger partial charge is 0.352 e. The van der Waals surface area contributed by atoms with Gasteiger partial charge in [-0.25, -0.2) is 18.4 Å². The van der Waals surface area contributed by atoms with E-state index in [4.69, 9.17) is 9.88 Å². The highest BCUT2D eigenvalue weighted by Crippen LogP contribution is 2.49. The first-order valence-corrected chi connectivity index (χ1v) is 14.5. The number of tetrazole rings is 1. The summed E-state index contributed by atoms with van der Waals surface area (Å²) in [6.45, 7) is 0. The van der Waals surface area contributed by atoms with Gasteiger partial charge in [-0.05, 0) is 22.8 Å². The fourth-order valence-corrected chi connectivity index (χ4v) is 7.44. The predicted molar refractivity (Wildman–Crippen MR) is 133 cm³/mol. The molecule has 1 fully saturated rings. The molecule has 0 saturated carbocycles. The third-order valence-corrected chi connectivity index (χ3v) is 9.21. The number of aromatic nitrogens is 4. The van der Waals surface area contributed by atoms with Gasteiger partial charge in [0, 0.05) is 18.1 Å². The number of sulfonamides is 1. The van der Waals surface area contributed by atoms with Crippen molar-refractivity contribution in [3.63, 3.8) is 0 Å². The van der Waals surface area contributed by atoms with E-state index in [2.05, 4.69) is 25.9 Å². The molecule has 2 aliphatic rings. The summed E-state index contributed by atoms with van der Waals surface area (Å²) < 4.78 is 28.7. The van der Waals surface area contributed by atoms with Gasteiger partial charge in [0.15, 0.2) is 6.10 Å². The van der Waals surface area contributed by atoms with Gasteiger partial charge in [0.2, 0.25) is 15.2 Å². The maximum absolute atomic E-state index is 13.4. The Labute approximate surface area is 224 Å². The molecule has 0 aliphatic carbocycles. The van der Waals surface area contributed by atoms with E-state index in [1.165, 1.54) is 19.2 Å². The van der Waals surface area contributed by atoms with E-state index in [0.717, 1.165) is 28.4 Å². The molecule has 6 N–H and O–H groups in total. The zero-order chi connectivity index (χ0) is 27.7. The SMILES string of the molecule is CO[C@@]1(NC(=O)[C@H](O)c2ccccc2)C(=O)N2C(C(=O)O)=C(C(CCS(N)(=O)=O)Sc3nn[nH]n3)CS[C@@H]21. The number of carboxylic acid groups (broad SMARTS) is 1. The molecular weight excluding hydrogens is 562 g/mol. The number of benzene rings is 1. The van der Waals surface area contributed by atoms with Gasteiger partial charge in [-0.15, -0.1) is 22.0 Å². The normalized spacial score (nSPS) is 22.9. The number of H-pyrrole nitrogens is 1. The number of β-lactam (4-membered cyclic amide) rings is 1. The lowest BCUT2D eigenvalue weighted by Crippen LogP contribution is -2.81. The molecule has 4 rings (SSSR count). The molecule has 38 heavy (non-hydrogen) atoms. The fourth-order valence-electron chi connectivity index (χ4n) is 4.09. The maximum atomic E-state index is 13.4. The van der Waals surface area contributed by atoms with Gasteiger partial charge in [-0.1, -0.05) is 42.1 Å². The van der Waals surface area contributed by atoms with E-state index in [1.54, 1.807) is 18.2 Å². The number of aliphatic carboxylic acids is 1. The van der Waals surface area contributed by atoms with Crippen molar-refractivity contribution in [3.8, 4) is 0 Å². The second kappa shape index (κ2) is 11.0. The molecular formula is C20H23N7O8S3. The summed E-state index contributed by atoms with van der Waals surface area (Å²) in [5.74, 6) is -3.63. The van der Waals surface area contributed by atoms with Crippen LogP contribution in [0.15, 0.2) is 46.8 Å². The van der Waals surface area contributed by atoms with Gasteiger partial charge in [0.25, 0.3) is 17.5 Å². The van der Waals surface area contributed by atoms with E-state index in [9.17, 15) is 33.0 Å². The highest BCUT2D eigenvalue weighted by molar-refractivity contribution is 8.01. The first-order chi connectivity index (χ1) is 18.0. The third kappa shape index (κ3) is 5.40. The molecule has 2 aromatic rings. The van der Waals surface area contributed by atoms with Crippen LogP contribution in [0.25, 0.3) is 0 Å². The van der Waals surface area contributed by atoms with Crippen molar-refractivity contribution in [2.75, 3.05) is 18.6 Å². The minimum atomic E-state index is -3.89. The summed E-state index contributed by atoms with van der Waals surface area (Å²) in [4.78, 5) is 39.6. The number of amides is 2. The lowest BCUT2D eigenvalue weighted by Gasteiger charge is -2.56. The van der Waals surface area contributed by atoms with E-state index in [1.807, 2.05) is 0 Å². The number of rotatable bonds is 11. The molecule has 2 amide bonds. The van der Waals surface area contributed by atoms with E-state index >= 15 is 0 Å². The topological polar surface area (TPSA) is 231 Å². The second-order valence-electron chi connectivity index (χ2n) is 8.22. The van der Waals surface area contributed by atoms with Crippen molar-refractivity contribution in [2.24, 2.45) is 5.14 Å². The van der Waals surface area contributed by atoms with Gasteiger partial charge in [-0.2, -0.15) is 5.21 Å². The summed E-state index contributed by atoms with van der Waals surface area (Å²) in [7, 11) is -2.70. The lowest BCUT2D eigenvalue weighted by molar-refractivity contribution is -0.194. The van der Waals surface area contributed by atoms with Crippen LogP contribution in [0.4, 0.5) is 0 Å². The van der Waals surface area contributed by atoms with Crippen LogP contribution in [0.3, 0.4) is 0 Å². The Morgan fingerprint density at radius 3 is 2.68 bits per heavy atom. The maximum Gasteiger partial charge on any atom is 0.352 e. The molecule has 0 bridgehead atoms. The van der Waals surface area contributed by atoms with E-state index < -0.39 is 56.0 Å². The molecule has 0 spiro atoms. The number of hydrogen-bond donors (Lipinski definition) is 5. The van der Waals surface area contributed by atoms with Crippen LogP contribution < -0.4 is 10.5 Å². The molecule has 204 valence electrons. The van der Waals surface area contributed by atoms with Crippen molar-refractivity contribution < 1.29 is 37.8 Å². The number of aromatic amines is 1. The van der Waals surface area contributed by atoms with Gasteiger partial charge < -0.3 is 20.3 Å². The Balaban J connectivity index is 1.64. The number of carbonyl (C=O) groups excluding carboxylic acids is 2. The van der Waals surface area contributed by atoms with Crippen LogP contribution in [0.1, 0.15) is 18.1 Å². The number of primary sulfonamides is 1. The number of nitrogens with two attached hydrogens (primary N) is 1. The minimum Gasteiger partial charge on any atom is -0.477 e. The first-order valence-electron chi connectivity index (χ1n) is 10.9. The molecule has 0 radical (unpaired) electrons. The third-order valence-electron chi connectivity index (χ3n) is 5.88. The van der Waals surface area contributed by atoms with Gasteiger partial charge in [0.05, 0.1) is 5.75 Å². The number of fused-ring (bicyclic) bond motifs is 1. The number of nitrogens with one attached hydrogen (secondary N) is 2. The number of nitrogens with zero attached hydrogens (tertiary/aromatic N) is 4. The van der Waals surface area contributed by atoms with Crippen molar-refractivity contribution in [1.82, 2.24) is 30.8 Å². The Morgan fingerprint density at radius 1 is 1.39 bits per heavy atom. The number of carbonyl (C=O) groups is 3. The monoisotopic (exact) mass is 585 g/mol. The van der Waals surface area contributed by atoms with Crippen molar-refractivity contribution >= 4 is 51.3 Å². The Kier molecular flexibility index (Phi) is 8.09. The minimum absolute atomic E-state index is 0.0401. The summed E-state index contributed by atoms with van der Waals surface area (Å²) in [5.41, 5.74) is -1.77. The highest BCUT2D eigenvalue weighted by Gasteiger charge is 2.67. The largest absolute Gasteiger partial charge is 0.477 e. The number of thioether (sulfide) groups is 2. The molecule has 4 atom stereocenters. The molecule has 3 heterocycles. The van der Waals surface area contributed by atoms with Crippen molar-refractivity contribution in [2.45, 2.75) is 34.0 Å². The van der Waals surface area contributed by atoms with E-state index in [0.29, 0.717) is 5.56 Å². The quantitative estimate of drug-likeness (QED) is 0.118. The van der Waals surface area contributed by atoms with Crippen LogP contribution in [0, 0.1) is 0 Å². The molecule has 1 saturated heterocycles. The van der Waals surface area contributed by atoms with Crippen molar-refractivity contribution in [1.29, 1.82) is 0 Å². The summed E-state index contributed by atoms with van der Waals surface area (Å²) in [6.07, 6.45) is -1.69. The van der Waals surface area contributed by atoms with Crippen LogP contribution in [0.5, 0.6) is 0 Å². The Bertz CT molecular complexity index is 1360. The number of ether oxygens (including phenoxy) is 1. The zero-order valence-electron chi connectivity index (χ0n) is 19.7. The average Bonchev–Trinajstić information content (AvgIpc) is 3.41. The zero-order valence-corrected chi connectivity index (χ0v) is 22.1. The van der Waals surface area contributed by atoms with Crippen molar-refractivity contribution in [3.05, 3.63) is 47.2 Å². The van der Waals surface area contributed by atoms with Crippen LogP contribution >= 0.6 is 23.5 Å². The van der Waals surface area contributed by atoms with Gasteiger partial charge in [0.1, 0.15) is 11.1 Å². The fraction of sp³-hybridized carbons (Fsp3) is 0.400. The van der Waals surface area contributed by atoms with Gasteiger partial charge in [-0.3, -0.25) is 14.5 Å². The Morgan fingerprint density at radius 2 is 2.11 bits per heavy atom. The molecule has 2 aliphatic heterocycles. The first kappa shape index (κ1) is 28.0. The Hall–Kier alpha value is -3.03. The molecule has 15 nitrogen and oxygen atoms in total. The van der Waals surface area contributed by atoms with Crippen LogP contribution in [0.2, 0.25) is 0 Å². The molecule has 1 aromatic heterocycles. The summed E-state index contributed by atoms with van der Waals surface area (Å²) >= 11 is 2.07. The standard InChI is InChI=1S/C20H23N7O8S3/c1-35-20(22-15(29)14(28)10-5-3-2-4-6-10)17(32)27-13(16(30)31)11(9-36-18(20)27)12(7-8-38(21,33)34)37-19-23-25-26-24-19/h2-6,12,14,18,28H,7-9H2,1H3,(H,22,29)(H,30,31)(H2,21,33,34)(H,23,24,25,26)/t12?,14-,18-,20+/m1/s1. The number of hydrogen-bond acceptors (Lipinski definition) is 12. The number of aliphatic hydroxyl groups excluding tert-OH is 1. The average molecular weight is 586 g/mol. The highest BCUT2D eigenvalue weighted by atomic mass is 32.2. The number of methoxy groups -OCH3 is 1. The molecule has 1 aromatic carbocycles.